The summed E-state index contributed by atoms with van der Waals surface area (Å²) in [6.07, 6.45) is 8.13. The van der Waals surface area contributed by atoms with Crippen molar-refractivity contribution in [2.75, 3.05) is 13.7 Å². The Balaban J connectivity index is 1.35. The number of hydrogen-bond acceptors (Lipinski definition) is 6. The van der Waals surface area contributed by atoms with E-state index in [0.717, 1.165) is 52.9 Å². The van der Waals surface area contributed by atoms with Gasteiger partial charge in [-0.15, -0.1) is 0 Å². The second-order valence-corrected chi connectivity index (χ2v) is 10.3. The quantitative estimate of drug-likeness (QED) is 0.480. The zero-order chi connectivity index (χ0) is 23.8. The van der Waals surface area contributed by atoms with Crippen LogP contribution in [0.1, 0.15) is 41.7 Å². The topological polar surface area (TPSA) is 104 Å². The van der Waals surface area contributed by atoms with Crippen molar-refractivity contribution in [2.45, 2.75) is 51.2 Å². The molecule has 2 bridgehead atoms. The third-order valence-corrected chi connectivity index (χ3v) is 8.18. The summed E-state index contributed by atoms with van der Waals surface area (Å²) >= 11 is 0. The van der Waals surface area contributed by atoms with E-state index in [2.05, 4.69) is 26.7 Å². The van der Waals surface area contributed by atoms with Gasteiger partial charge in [-0.05, 0) is 62.6 Å². The number of piperidine rings is 1. The lowest BCUT2D eigenvalue weighted by Crippen LogP contribution is -2.41. The van der Waals surface area contributed by atoms with E-state index in [1.54, 1.807) is 17.8 Å². The standard InChI is InChI=1S/C26H29N7O2/c1-14-22(20-10-16-4-3-9-28-24(16)31(20)11-15-5-6-15)30-33-13-18(29-25(35-2)23(14)33)26(34)32-12-17-7-8-19(32)21(17)27/h3-4,9-10,13,15,17,19,21H,5-8,11-12,27H2,1-2H3/t17?,19?,21-/m1/s1. The molecule has 3 aliphatic rings. The maximum Gasteiger partial charge on any atom is 0.274 e. The molecule has 180 valence electrons. The molecule has 0 radical (unpaired) electrons. The van der Waals surface area contributed by atoms with Crippen molar-refractivity contribution in [1.82, 2.24) is 29.0 Å². The molecular formula is C26H29N7O2. The lowest BCUT2D eigenvalue weighted by molar-refractivity contribution is 0.0693. The van der Waals surface area contributed by atoms with Crippen molar-refractivity contribution in [3.8, 4) is 17.3 Å². The molecule has 2 unspecified atom stereocenters. The van der Waals surface area contributed by atoms with Gasteiger partial charge in [-0.3, -0.25) is 4.79 Å². The zero-order valence-electron chi connectivity index (χ0n) is 20.0. The summed E-state index contributed by atoms with van der Waals surface area (Å²) < 4.78 is 9.71. The average Bonchev–Trinajstić information content (AvgIpc) is 3.27. The number of amides is 1. The van der Waals surface area contributed by atoms with E-state index >= 15 is 0 Å². The molecule has 9 heteroatoms. The number of nitrogens with zero attached hydrogens (tertiary/aromatic N) is 6. The molecule has 7 rings (SSSR count). The molecule has 2 aliphatic carbocycles. The number of fused-ring (bicyclic) bond motifs is 4. The number of pyridine rings is 1. The van der Waals surface area contributed by atoms with Crippen LogP contribution in [0.25, 0.3) is 27.9 Å². The van der Waals surface area contributed by atoms with Crippen molar-refractivity contribution in [2.24, 2.45) is 17.6 Å². The molecule has 0 spiro atoms. The van der Waals surface area contributed by atoms with E-state index in [1.165, 1.54) is 12.8 Å². The lowest BCUT2D eigenvalue weighted by Gasteiger charge is -2.26. The third kappa shape index (κ3) is 3.10. The first kappa shape index (κ1) is 20.9. The Hall–Kier alpha value is -3.46. The highest BCUT2D eigenvalue weighted by Gasteiger charge is 2.47. The summed E-state index contributed by atoms with van der Waals surface area (Å²) in [5.74, 6) is 1.37. The summed E-state index contributed by atoms with van der Waals surface area (Å²) in [5, 5.41) is 6.06. The highest BCUT2D eigenvalue weighted by atomic mass is 16.5. The Kier molecular flexibility index (Phi) is 4.48. The van der Waals surface area contributed by atoms with Crippen LogP contribution in [0.4, 0.5) is 0 Å². The van der Waals surface area contributed by atoms with Gasteiger partial charge in [-0.2, -0.15) is 5.10 Å². The van der Waals surface area contributed by atoms with Crippen LogP contribution < -0.4 is 10.5 Å². The van der Waals surface area contributed by atoms with Gasteiger partial charge < -0.3 is 19.9 Å². The Morgan fingerprint density at radius 2 is 2.11 bits per heavy atom. The molecule has 2 N–H and O–H groups in total. The molecule has 0 aromatic carbocycles. The van der Waals surface area contributed by atoms with Crippen molar-refractivity contribution in [3.63, 3.8) is 0 Å². The minimum Gasteiger partial charge on any atom is -0.479 e. The van der Waals surface area contributed by atoms with E-state index in [0.29, 0.717) is 30.0 Å². The number of rotatable bonds is 5. The van der Waals surface area contributed by atoms with Crippen LogP contribution in [0.15, 0.2) is 30.6 Å². The normalized spacial score (nSPS) is 23.6. The number of aromatic nitrogens is 5. The van der Waals surface area contributed by atoms with E-state index in [9.17, 15) is 4.79 Å². The van der Waals surface area contributed by atoms with E-state index in [4.69, 9.17) is 15.6 Å². The summed E-state index contributed by atoms with van der Waals surface area (Å²) in [6, 6.07) is 6.37. The Labute approximate surface area is 202 Å². The Bertz CT molecular complexity index is 1480. The van der Waals surface area contributed by atoms with Gasteiger partial charge in [-0.1, -0.05) is 0 Å². The maximum atomic E-state index is 13.5. The number of carbonyl (C=O) groups excluding carboxylic acids is 1. The van der Waals surface area contributed by atoms with E-state index < -0.39 is 0 Å². The molecule has 4 aromatic rings. The van der Waals surface area contributed by atoms with E-state index in [1.807, 2.05) is 24.1 Å². The Morgan fingerprint density at radius 3 is 2.83 bits per heavy atom. The summed E-state index contributed by atoms with van der Waals surface area (Å²) in [7, 11) is 1.59. The molecule has 9 nitrogen and oxygen atoms in total. The monoisotopic (exact) mass is 471 g/mol. The van der Waals surface area contributed by atoms with Gasteiger partial charge in [0, 0.05) is 42.3 Å². The molecule has 2 saturated carbocycles. The predicted octanol–water partition coefficient (Wildman–Crippen LogP) is 3.03. The van der Waals surface area contributed by atoms with Crippen LogP contribution in [0, 0.1) is 18.8 Å². The highest BCUT2D eigenvalue weighted by molar-refractivity contribution is 5.94. The minimum atomic E-state index is -0.102. The van der Waals surface area contributed by atoms with E-state index in [-0.39, 0.29) is 18.0 Å². The van der Waals surface area contributed by atoms with Crippen LogP contribution in [0.2, 0.25) is 0 Å². The number of nitrogens with two attached hydrogens (primary N) is 1. The van der Waals surface area contributed by atoms with Crippen LogP contribution in [-0.4, -0.2) is 60.7 Å². The second-order valence-electron chi connectivity index (χ2n) is 10.3. The second kappa shape index (κ2) is 7.52. The van der Waals surface area contributed by atoms with Crippen LogP contribution in [0.3, 0.4) is 0 Å². The molecule has 35 heavy (non-hydrogen) atoms. The number of likely N-dealkylation sites (tertiary alicyclic amines) is 1. The van der Waals surface area contributed by atoms with Crippen LogP contribution in [-0.2, 0) is 6.54 Å². The first-order valence-electron chi connectivity index (χ1n) is 12.5. The lowest BCUT2D eigenvalue weighted by atomic mass is 10.1. The van der Waals surface area contributed by atoms with Gasteiger partial charge in [-0.25, -0.2) is 14.5 Å². The smallest absolute Gasteiger partial charge is 0.274 e. The summed E-state index contributed by atoms with van der Waals surface area (Å²) in [4.78, 5) is 24.6. The molecule has 3 atom stereocenters. The minimum absolute atomic E-state index is 0.0603. The van der Waals surface area contributed by atoms with Crippen molar-refractivity contribution >= 4 is 22.5 Å². The fourth-order valence-corrected chi connectivity index (χ4v) is 6.12. The average molecular weight is 472 g/mol. The fourth-order valence-electron chi connectivity index (χ4n) is 6.12. The summed E-state index contributed by atoms with van der Waals surface area (Å²) in [5.41, 5.74) is 11.3. The van der Waals surface area contributed by atoms with Crippen molar-refractivity contribution in [1.29, 1.82) is 0 Å². The number of carbonyl (C=O) groups is 1. The third-order valence-electron chi connectivity index (χ3n) is 8.18. The van der Waals surface area contributed by atoms with Crippen LogP contribution >= 0.6 is 0 Å². The van der Waals surface area contributed by atoms with Gasteiger partial charge in [0.25, 0.3) is 5.91 Å². The molecule has 5 heterocycles. The van der Waals surface area contributed by atoms with Gasteiger partial charge in [0.05, 0.1) is 19.0 Å². The van der Waals surface area contributed by atoms with Gasteiger partial charge in [0.15, 0.2) is 5.69 Å². The molecule has 1 aliphatic heterocycles. The Morgan fingerprint density at radius 1 is 1.26 bits per heavy atom. The van der Waals surface area contributed by atoms with Crippen molar-refractivity contribution < 1.29 is 9.53 Å². The molecule has 4 aromatic heterocycles. The largest absolute Gasteiger partial charge is 0.479 e. The molecule has 1 saturated heterocycles. The number of ether oxygens (including phenoxy) is 1. The first-order valence-corrected chi connectivity index (χ1v) is 12.5. The number of methoxy groups -OCH3 is 1. The highest BCUT2D eigenvalue weighted by Crippen LogP contribution is 2.39. The first-order chi connectivity index (χ1) is 17.0. The van der Waals surface area contributed by atoms with Gasteiger partial charge in [0.1, 0.15) is 16.9 Å². The zero-order valence-corrected chi connectivity index (χ0v) is 20.0. The SMILES string of the molecule is COc1nc(C(=O)N2CC3CCC2[C@@H]3N)cn2nc(-c3cc4cccnc4n3CC3CC3)c(C)c12. The van der Waals surface area contributed by atoms with Gasteiger partial charge >= 0.3 is 0 Å². The number of aryl methyl sites for hydroxylation is 1. The van der Waals surface area contributed by atoms with Crippen molar-refractivity contribution in [3.05, 3.63) is 41.9 Å². The molecule has 3 fully saturated rings. The molecular weight excluding hydrogens is 442 g/mol. The summed E-state index contributed by atoms with van der Waals surface area (Å²) in [6.45, 7) is 3.67. The fraction of sp³-hybridized carbons (Fsp3) is 0.462. The predicted molar refractivity (Wildman–Crippen MR) is 131 cm³/mol. The van der Waals surface area contributed by atoms with Crippen LogP contribution in [0.5, 0.6) is 5.88 Å². The van der Waals surface area contributed by atoms with Gasteiger partial charge in [0.2, 0.25) is 5.88 Å². The molecule has 1 amide bonds. The number of hydrogen-bond donors (Lipinski definition) is 1. The maximum absolute atomic E-state index is 13.5.